The Morgan fingerprint density at radius 3 is 3.04 bits per heavy atom. The van der Waals surface area contributed by atoms with E-state index in [0.29, 0.717) is 19.0 Å². The van der Waals surface area contributed by atoms with Gasteiger partial charge in [-0.2, -0.15) is 4.98 Å². The van der Waals surface area contributed by atoms with E-state index in [0.717, 1.165) is 33.4 Å². The van der Waals surface area contributed by atoms with Crippen LogP contribution in [0.25, 0.3) is 5.52 Å². The number of furan rings is 1. The van der Waals surface area contributed by atoms with Gasteiger partial charge in [0.1, 0.15) is 22.0 Å². The van der Waals surface area contributed by atoms with Crippen molar-refractivity contribution in [3.05, 3.63) is 45.2 Å². The van der Waals surface area contributed by atoms with Crippen molar-refractivity contribution in [1.82, 2.24) is 14.6 Å². The molecule has 0 aliphatic carbocycles. The third-order valence-electron chi connectivity index (χ3n) is 4.42. The summed E-state index contributed by atoms with van der Waals surface area (Å²) in [6.07, 6.45) is 2.29. The van der Waals surface area contributed by atoms with Crippen LogP contribution < -0.4 is 11.1 Å². The fourth-order valence-electron chi connectivity index (χ4n) is 3.22. The van der Waals surface area contributed by atoms with E-state index in [2.05, 4.69) is 31.3 Å². The quantitative estimate of drug-likeness (QED) is 0.664. The number of nitrogens with one attached hydrogen (secondary N) is 1. The van der Waals surface area contributed by atoms with Gasteiger partial charge in [-0.05, 0) is 58.6 Å². The summed E-state index contributed by atoms with van der Waals surface area (Å²) in [6.45, 7) is 3.16. The van der Waals surface area contributed by atoms with Crippen LogP contribution in [0.5, 0.6) is 0 Å². The minimum absolute atomic E-state index is 0.0460. The van der Waals surface area contributed by atoms with Crippen molar-refractivity contribution in [1.29, 1.82) is 0 Å². The first kappa shape index (κ1) is 16.8. The summed E-state index contributed by atoms with van der Waals surface area (Å²) in [7, 11) is 0. The van der Waals surface area contributed by atoms with E-state index in [4.69, 9.17) is 26.5 Å². The van der Waals surface area contributed by atoms with E-state index < -0.39 is 0 Å². The molecule has 1 aliphatic heterocycles. The standard InChI is InChI=1S/C16H17BrClN5O2/c1-8-11(13-10(19)4-6-25-13)14(17)23-12(8)15(21-16(18)22-23)20-7-9-3-2-5-24-9/h2-3,5,10,13H,4,6-7,19H2,1H3,(H,20,21,22)/t10-,13-/m0/s1. The maximum Gasteiger partial charge on any atom is 0.243 e. The predicted molar refractivity (Wildman–Crippen MR) is 97.8 cm³/mol. The molecule has 3 aromatic rings. The summed E-state index contributed by atoms with van der Waals surface area (Å²) in [4.78, 5) is 4.35. The van der Waals surface area contributed by atoms with Gasteiger partial charge < -0.3 is 20.2 Å². The third-order valence-corrected chi connectivity index (χ3v) is 5.35. The van der Waals surface area contributed by atoms with Crippen LogP contribution in [-0.4, -0.2) is 27.2 Å². The Hall–Kier alpha value is -1.61. The van der Waals surface area contributed by atoms with Crippen LogP contribution in [0.2, 0.25) is 5.28 Å². The molecule has 25 heavy (non-hydrogen) atoms. The number of aromatic nitrogens is 3. The number of ether oxygens (including phenoxy) is 1. The Labute approximate surface area is 157 Å². The Bertz CT molecular complexity index is 911. The average Bonchev–Trinajstić information content (AvgIpc) is 3.28. The summed E-state index contributed by atoms with van der Waals surface area (Å²) < 4.78 is 13.7. The molecule has 1 saturated heterocycles. The van der Waals surface area contributed by atoms with Gasteiger partial charge in [0.2, 0.25) is 5.28 Å². The molecular weight excluding hydrogens is 410 g/mol. The lowest BCUT2D eigenvalue weighted by Gasteiger charge is -2.15. The highest BCUT2D eigenvalue weighted by molar-refractivity contribution is 9.10. The lowest BCUT2D eigenvalue weighted by atomic mass is 10.0. The number of nitrogens with zero attached hydrogens (tertiary/aromatic N) is 3. The van der Waals surface area contributed by atoms with Crippen molar-refractivity contribution in [2.75, 3.05) is 11.9 Å². The molecular formula is C16H17BrClN5O2. The first-order chi connectivity index (χ1) is 12.1. The van der Waals surface area contributed by atoms with Gasteiger partial charge in [0, 0.05) is 18.2 Å². The number of anilines is 1. The van der Waals surface area contributed by atoms with E-state index in [9.17, 15) is 0 Å². The van der Waals surface area contributed by atoms with Crippen molar-refractivity contribution >= 4 is 38.9 Å². The van der Waals surface area contributed by atoms with Crippen molar-refractivity contribution in [3.63, 3.8) is 0 Å². The van der Waals surface area contributed by atoms with Crippen LogP contribution in [0.1, 0.15) is 29.4 Å². The fraction of sp³-hybridized carbons (Fsp3) is 0.375. The molecule has 7 nitrogen and oxygen atoms in total. The number of rotatable bonds is 4. The number of aryl methyl sites for hydroxylation is 1. The molecule has 0 unspecified atom stereocenters. The highest BCUT2D eigenvalue weighted by Crippen LogP contribution is 2.39. The van der Waals surface area contributed by atoms with E-state index >= 15 is 0 Å². The molecule has 4 rings (SSSR count). The zero-order valence-electron chi connectivity index (χ0n) is 13.5. The second-order valence-corrected chi connectivity index (χ2v) is 7.09. The number of halogens is 2. The minimum atomic E-state index is -0.173. The first-order valence-corrected chi connectivity index (χ1v) is 9.11. The maximum atomic E-state index is 6.22. The van der Waals surface area contributed by atoms with Gasteiger partial charge in [-0.3, -0.25) is 0 Å². The minimum Gasteiger partial charge on any atom is -0.467 e. The van der Waals surface area contributed by atoms with Crippen LogP contribution in [0.4, 0.5) is 5.82 Å². The zero-order chi connectivity index (χ0) is 17.6. The number of nitrogens with two attached hydrogens (primary N) is 1. The van der Waals surface area contributed by atoms with Gasteiger partial charge in [0.05, 0.1) is 12.8 Å². The van der Waals surface area contributed by atoms with E-state index in [1.54, 1.807) is 10.8 Å². The van der Waals surface area contributed by atoms with E-state index in [-0.39, 0.29) is 17.4 Å². The molecule has 1 fully saturated rings. The van der Waals surface area contributed by atoms with E-state index in [1.807, 2.05) is 19.1 Å². The van der Waals surface area contributed by atoms with Gasteiger partial charge in [-0.1, -0.05) is 0 Å². The Morgan fingerprint density at radius 2 is 2.36 bits per heavy atom. The third kappa shape index (κ3) is 2.93. The van der Waals surface area contributed by atoms with Crippen molar-refractivity contribution in [3.8, 4) is 0 Å². The smallest absolute Gasteiger partial charge is 0.243 e. The Morgan fingerprint density at radius 1 is 1.52 bits per heavy atom. The molecule has 132 valence electrons. The predicted octanol–water partition coefficient (Wildman–Crippen LogP) is 3.45. The van der Waals surface area contributed by atoms with Gasteiger partial charge in [-0.25, -0.2) is 4.52 Å². The van der Waals surface area contributed by atoms with Crippen LogP contribution in [0.15, 0.2) is 27.4 Å². The number of fused-ring (bicyclic) bond motifs is 1. The average molecular weight is 427 g/mol. The Kier molecular flexibility index (Phi) is 4.45. The van der Waals surface area contributed by atoms with Crippen LogP contribution in [0, 0.1) is 6.92 Å². The molecule has 0 amide bonds. The molecule has 4 heterocycles. The molecule has 3 N–H and O–H groups in total. The number of hydrogen-bond donors (Lipinski definition) is 2. The fourth-order valence-corrected chi connectivity index (χ4v) is 4.16. The number of hydrogen-bond acceptors (Lipinski definition) is 6. The molecule has 0 radical (unpaired) electrons. The van der Waals surface area contributed by atoms with Crippen LogP contribution in [0.3, 0.4) is 0 Å². The normalized spacial score (nSPS) is 20.5. The molecule has 0 saturated carbocycles. The first-order valence-electron chi connectivity index (χ1n) is 7.94. The maximum absolute atomic E-state index is 6.22. The summed E-state index contributed by atoms with van der Waals surface area (Å²) >= 11 is 9.75. The van der Waals surface area contributed by atoms with Crippen molar-refractivity contribution in [2.45, 2.75) is 32.0 Å². The summed E-state index contributed by atoms with van der Waals surface area (Å²) in [5, 5.41) is 7.74. The highest BCUT2D eigenvalue weighted by atomic mass is 79.9. The lowest BCUT2D eigenvalue weighted by molar-refractivity contribution is 0.104. The second-order valence-electron chi connectivity index (χ2n) is 6.00. The van der Waals surface area contributed by atoms with Gasteiger partial charge in [-0.15, -0.1) is 5.10 Å². The molecule has 0 bridgehead atoms. The van der Waals surface area contributed by atoms with Crippen molar-refractivity contribution in [2.24, 2.45) is 5.73 Å². The van der Waals surface area contributed by atoms with Gasteiger partial charge >= 0.3 is 0 Å². The molecule has 3 aromatic heterocycles. The second kappa shape index (κ2) is 6.60. The van der Waals surface area contributed by atoms with E-state index in [1.165, 1.54) is 0 Å². The SMILES string of the molecule is Cc1c([C@H]2OCC[C@@H]2N)c(Br)n2nc(Cl)nc(NCc3ccco3)c12. The van der Waals surface area contributed by atoms with Crippen molar-refractivity contribution < 1.29 is 9.15 Å². The highest BCUT2D eigenvalue weighted by Gasteiger charge is 2.33. The molecule has 2 atom stereocenters. The van der Waals surface area contributed by atoms with Crippen LogP contribution in [-0.2, 0) is 11.3 Å². The molecule has 0 spiro atoms. The summed E-state index contributed by atoms with van der Waals surface area (Å²) in [6, 6.07) is 3.69. The lowest BCUT2D eigenvalue weighted by Crippen LogP contribution is -2.23. The molecule has 0 aromatic carbocycles. The van der Waals surface area contributed by atoms with Gasteiger partial charge in [0.15, 0.2) is 5.82 Å². The van der Waals surface area contributed by atoms with Gasteiger partial charge in [0.25, 0.3) is 0 Å². The van der Waals surface area contributed by atoms with Crippen LogP contribution >= 0.6 is 27.5 Å². The Balaban J connectivity index is 1.80. The topological polar surface area (TPSA) is 90.6 Å². The molecule has 9 heteroatoms. The largest absolute Gasteiger partial charge is 0.467 e. The zero-order valence-corrected chi connectivity index (χ0v) is 15.8. The monoisotopic (exact) mass is 425 g/mol. The molecule has 1 aliphatic rings. The summed E-state index contributed by atoms with van der Waals surface area (Å²) in [5.41, 5.74) is 9.05. The summed E-state index contributed by atoms with van der Waals surface area (Å²) in [5.74, 6) is 1.44.